The number of pyridine rings is 1. The number of hydrogen-bond donors (Lipinski definition) is 1. The topological polar surface area (TPSA) is 97.5 Å². The Morgan fingerprint density at radius 2 is 2.15 bits per heavy atom. The number of ether oxygens (including phenoxy) is 1. The van der Waals surface area contributed by atoms with Crippen molar-refractivity contribution in [2.75, 3.05) is 11.4 Å². The van der Waals surface area contributed by atoms with Gasteiger partial charge in [0, 0.05) is 18.8 Å². The minimum atomic E-state index is -0.342. The molecular weight excluding hydrogens is 438 g/mol. The molecule has 2 aliphatic heterocycles. The van der Waals surface area contributed by atoms with Gasteiger partial charge >= 0.3 is 6.03 Å². The van der Waals surface area contributed by atoms with Crippen LogP contribution in [-0.2, 0) is 0 Å². The molecule has 27 heavy (non-hydrogen) atoms. The second-order valence-electron chi connectivity index (χ2n) is 6.09. The number of urea groups is 1. The van der Waals surface area contributed by atoms with Gasteiger partial charge in [0.25, 0.3) is 0 Å². The highest BCUT2D eigenvalue weighted by Gasteiger charge is 2.31. The van der Waals surface area contributed by atoms with Crippen molar-refractivity contribution in [2.24, 2.45) is 4.99 Å². The molecule has 2 atom stereocenters. The Hall–Kier alpha value is -2.46. The first-order valence-corrected chi connectivity index (χ1v) is 9.37. The molecule has 0 aliphatic carbocycles. The third kappa shape index (κ3) is 3.54. The predicted octanol–water partition coefficient (Wildman–Crippen LogP) is 2.64. The van der Waals surface area contributed by atoms with E-state index >= 15 is 0 Å². The molecule has 4 rings (SSSR count). The summed E-state index contributed by atoms with van der Waals surface area (Å²) in [6, 6.07) is -0.612. The minimum absolute atomic E-state index is 0.150. The van der Waals surface area contributed by atoms with Gasteiger partial charge in [0.05, 0.1) is 40.7 Å². The first-order valence-electron chi connectivity index (χ1n) is 8.20. The highest BCUT2D eigenvalue weighted by Crippen LogP contribution is 2.38. The molecule has 0 spiro atoms. The van der Waals surface area contributed by atoms with E-state index in [-0.39, 0.29) is 18.2 Å². The molecule has 0 aromatic carbocycles. The number of carbonyl (C=O) groups excluding carboxylic acids is 1. The highest BCUT2D eigenvalue weighted by molar-refractivity contribution is 9.10. The summed E-state index contributed by atoms with van der Waals surface area (Å²) >= 11 is 9.74. The number of carbonyl (C=O) groups is 1. The maximum absolute atomic E-state index is 12.9. The van der Waals surface area contributed by atoms with Crippen molar-refractivity contribution in [3.8, 4) is 5.75 Å². The molecule has 2 aliphatic rings. The van der Waals surface area contributed by atoms with Gasteiger partial charge in [-0.25, -0.2) is 9.79 Å². The Labute approximate surface area is 168 Å². The molecule has 140 valence electrons. The number of anilines is 1. The fourth-order valence-corrected chi connectivity index (χ4v) is 3.59. The average Bonchev–Trinajstić information content (AvgIpc) is 3.16. The van der Waals surface area contributed by atoms with Gasteiger partial charge in [-0.05, 0) is 22.9 Å². The number of aromatic nitrogens is 4. The monoisotopic (exact) mass is 451 g/mol. The van der Waals surface area contributed by atoms with E-state index < -0.39 is 0 Å². The fraction of sp³-hybridized carbons (Fsp3) is 0.312. The number of nitrogens with zero attached hydrogens (tertiary/aromatic N) is 6. The lowest BCUT2D eigenvalue weighted by Crippen LogP contribution is -2.50. The van der Waals surface area contributed by atoms with Crippen LogP contribution in [-0.4, -0.2) is 50.9 Å². The van der Waals surface area contributed by atoms with Crippen LogP contribution in [0.4, 0.5) is 10.5 Å². The molecule has 0 saturated heterocycles. The minimum Gasteiger partial charge on any atom is -0.485 e. The lowest BCUT2D eigenvalue weighted by Gasteiger charge is -2.34. The molecule has 9 nitrogen and oxygen atoms in total. The molecule has 11 heteroatoms. The molecule has 0 saturated carbocycles. The molecule has 4 heterocycles. The zero-order chi connectivity index (χ0) is 19.0. The number of halogens is 2. The lowest BCUT2D eigenvalue weighted by molar-refractivity contribution is 0.203. The summed E-state index contributed by atoms with van der Waals surface area (Å²) in [4.78, 5) is 24.2. The van der Waals surface area contributed by atoms with E-state index in [1.807, 2.05) is 6.92 Å². The first-order chi connectivity index (χ1) is 13.0. The number of rotatable bonds is 2. The van der Waals surface area contributed by atoms with Crippen LogP contribution in [0.15, 0.2) is 39.3 Å². The van der Waals surface area contributed by atoms with E-state index in [2.05, 4.69) is 41.4 Å². The highest BCUT2D eigenvalue weighted by atomic mass is 79.9. The van der Waals surface area contributed by atoms with Gasteiger partial charge in [-0.2, -0.15) is 10.2 Å². The Bertz CT molecular complexity index is 931. The van der Waals surface area contributed by atoms with E-state index in [0.717, 1.165) is 0 Å². The first kappa shape index (κ1) is 17.9. The summed E-state index contributed by atoms with van der Waals surface area (Å²) in [6.45, 7) is 2.31. The smallest absolute Gasteiger partial charge is 0.322 e. The van der Waals surface area contributed by atoms with Gasteiger partial charge in [0.1, 0.15) is 11.8 Å². The van der Waals surface area contributed by atoms with Crippen LogP contribution in [0.2, 0.25) is 0 Å². The summed E-state index contributed by atoms with van der Waals surface area (Å²) in [5.74, 6) is 1.05. The van der Waals surface area contributed by atoms with Gasteiger partial charge in [0.2, 0.25) is 0 Å². The van der Waals surface area contributed by atoms with E-state index in [4.69, 9.17) is 16.3 Å². The van der Waals surface area contributed by atoms with Crippen molar-refractivity contribution >= 4 is 51.3 Å². The molecule has 0 bridgehead atoms. The van der Waals surface area contributed by atoms with Crippen LogP contribution in [0.3, 0.4) is 0 Å². The number of hydrogen-bond acceptors (Lipinski definition) is 6. The summed E-state index contributed by atoms with van der Waals surface area (Å²) in [7, 11) is 0. The van der Waals surface area contributed by atoms with Gasteiger partial charge in [-0.15, -0.1) is 4.80 Å². The molecule has 0 fully saturated rings. The molecule has 2 aromatic rings. The maximum Gasteiger partial charge on any atom is 0.322 e. The van der Waals surface area contributed by atoms with Crippen molar-refractivity contribution in [1.29, 1.82) is 0 Å². The largest absolute Gasteiger partial charge is 0.485 e. The SMILES string of the molecule is CC1CN(C(=O)NC2C=NC(n3nccn3)=C(Cl)C2)c2cncc(Br)c2O1. The van der Waals surface area contributed by atoms with Gasteiger partial charge in [-0.3, -0.25) is 9.88 Å². The summed E-state index contributed by atoms with van der Waals surface area (Å²) in [5.41, 5.74) is 0.607. The van der Waals surface area contributed by atoms with Crippen LogP contribution >= 0.6 is 27.5 Å². The maximum atomic E-state index is 12.9. The molecule has 2 unspecified atom stereocenters. The number of fused-ring (bicyclic) bond motifs is 1. The Balaban J connectivity index is 1.50. The quantitative estimate of drug-likeness (QED) is 0.755. The fourth-order valence-electron chi connectivity index (χ4n) is 2.89. The van der Waals surface area contributed by atoms with Crippen LogP contribution in [0.5, 0.6) is 5.75 Å². The normalized spacial score (nSPS) is 21.7. The molecule has 0 radical (unpaired) electrons. The molecular formula is C16H15BrClN7O2. The van der Waals surface area contributed by atoms with Gasteiger partial charge in [0.15, 0.2) is 11.6 Å². The summed E-state index contributed by atoms with van der Waals surface area (Å²) in [6.07, 6.45) is 8.21. The van der Waals surface area contributed by atoms with Crippen LogP contribution in [0.25, 0.3) is 5.82 Å². The van der Waals surface area contributed by atoms with E-state index in [9.17, 15) is 4.79 Å². The van der Waals surface area contributed by atoms with Gasteiger partial charge in [-0.1, -0.05) is 11.6 Å². The number of aliphatic imine (C=N–C) groups is 1. The Morgan fingerprint density at radius 3 is 2.89 bits per heavy atom. The second-order valence-corrected chi connectivity index (χ2v) is 7.40. The second kappa shape index (κ2) is 7.28. The lowest BCUT2D eigenvalue weighted by atomic mass is 10.2. The van der Waals surface area contributed by atoms with E-state index in [1.54, 1.807) is 35.9 Å². The van der Waals surface area contributed by atoms with E-state index in [0.29, 0.717) is 39.7 Å². The average molecular weight is 453 g/mol. The van der Waals surface area contributed by atoms with E-state index in [1.165, 1.54) is 4.80 Å². The number of amides is 2. The van der Waals surface area contributed by atoms with Crippen molar-refractivity contribution in [3.05, 3.63) is 34.3 Å². The molecule has 2 aromatic heterocycles. The third-order valence-electron chi connectivity index (χ3n) is 4.06. The summed E-state index contributed by atoms with van der Waals surface area (Å²) in [5, 5.41) is 11.4. The predicted molar refractivity (Wildman–Crippen MR) is 104 cm³/mol. The standard InChI is InChI=1S/C16H15BrClN7O2/c1-9-8-24(13-7-19-6-11(17)14(13)27-9)16(26)23-10-4-12(18)15(20-5-10)25-21-2-3-22-25/h2-3,5-7,9-10H,4,8H2,1H3,(H,23,26). The Morgan fingerprint density at radius 1 is 1.37 bits per heavy atom. The Kier molecular flexibility index (Phi) is 4.83. The zero-order valence-electron chi connectivity index (χ0n) is 14.2. The molecule has 1 N–H and O–H groups in total. The molecule has 2 amide bonds. The van der Waals surface area contributed by atoms with Crippen molar-refractivity contribution in [1.82, 2.24) is 25.3 Å². The van der Waals surface area contributed by atoms with Crippen molar-refractivity contribution < 1.29 is 9.53 Å². The third-order valence-corrected chi connectivity index (χ3v) is 4.95. The van der Waals surface area contributed by atoms with Crippen LogP contribution in [0, 0.1) is 0 Å². The zero-order valence-corrected chi connectivity index (χ0v) is 16.6. The van der Waals surface area contributed by atoms with Gasteiger partial charge < -0.3 is 10.1 Å². The number of nitrogens with one attached hydrogen (secondary N) is 1. The summed E-state index contributed by atoms with van der Waals surface area (Å²) < 4.78 is 6.53. The van der Waals surface area contributed by atoms with Crippen LogP contribution in [0.1, 0.15) is 13.3 Å². The van der Waals surface area contributed by atoms with Crippen molar-refractivity contribution in [2.45, 2.75) is 25.5 Å². The van der Waals surface area contributed by atoms with Crippen molar-refractivity contribution in [3.63, 3.8) is 0 Å². The van der Waals surface area contributed by atoms with Crippen LogP contribution < -0.4 is 15.0 Å².